The summed E-state index contributed by atoms with van der Waals surface area (Å²) < 4.78 is 83.0. The highest BCUT2D eigenvalue weighted by Gasteiger charge is 2.80. The van der Waals surface area contributed by atoms with Crippen molar-refractivity contribution >= 4 is 44.5 Å². The number of sulfonamides is 1. The molecule has 2 saturated heterocycles. The minimum Gasteiger partial charge on any atom is -0.496 e. The van der Waals surface area contributed by atoms with Crippen molar-refractivity contribution in [3.8, 4) is 5.75 Å². The number of likely N-dealkylation sites (N-methyl/N-ethyl adjacent to an activating group) is 1. The number of H-pyrrole nitrogens is 1. The molecule has 1 aliphatic carbocycles. The smallest absolute Gasteiger partial charge is 0.344 e. The molecule has 352 valence electrons. The summed E-state index contributed by atoms with van der Waals surface area (Å²) in [6.07, 6.45) is 3.57. The second kappa shape index (κ2) is 15.2. The number of esters is 3. The zero-order valence-electron chi connectivity index (χ0n) is 38.4. The van der Waals surface area contributed by atoms with E-state index in [1.54, 1.807) is 25.2 Å². The number of anilines is 1. The Morgan fingerprint density at radius 3 is 2.38 bits per heavy atom. The van der Waals surface area contributed by atoms with Gasteiger partial charge in [-0.25, -0.2) is 26.3 Å². The highest BCUT2D eigenvalue weighted by Crippen LogP contribution is 2.68. The number of carbonyl (C=O) groups excluding carboxylic acids is 3. The number of aliphatic hydroxyl groups is 1. The van der Waals surface area contributed by atoms with Gasteiger partial charge in [0.05, 0.1) is 32.3 Å². The van der Waals surface area contributed by atoms with Gasteiger partial charge < -0.3 is 33.9 Å². The van der Waals surface area contributed by atoms with Gasteiger partial charge in [0, 0.05) is 111 Å². The van der Waals surface area contributed by atoms with E-state index in [0.717, 1.165) is 16.8 Å². The summed E-state index contributed by atoms with van der Waals surface area (Å²) in [7, 11) is 4.70. The lowest BCUT2D eigenvalue weighted by Gasteiger charge is -2.63. The van der Waals surface area contributed by atoms with Gasteiger partial charge in [0.2, 0.25) is 21.5 Å². The van der Waals surface area contributed by atoms with E-state index in [0.29, 0.717) is 65.9 Å². The van der Waals surface area contributed by atoms with Crippen molar-refractivity contribution in [2.75, 3.05) is 73.6 Å². The van der Waals surface area contributed by atoms with Crippen LogP contribution in [0.2, 0.25) is 0 Å². The molecule has 9 rings (SSSR count). The summed E-state index contributed by atoms with van der Waals surface area (Å²) in [4.78, 5) is 52.5. The van der Waals surface area contributed by atoms with E-state index in [1.165, 1.54) is 48.4 Å². The van der Waals surface area contributed by atoms with Crippen molar-refractivity contribution in [3.05, 3.63) is 64.9 Å². The average Bonchev–Trinajstić information content (AvgIpc) is 3.91. The summed E-state index contributed by atoms with van der Waals surface area (Å²) in [6, 6.07) is 6.98. The van der Waals surface area contributed by atoms with E-state index < -0.39 is 85.7 Å². The van der Waals surface area contributed by atoms with E-state index in [2.05, 4.69) is 9.88 Å². The van der Waals surface area contributed by atoms with Crippen LogP contribution in [0.5, 0.6) is 5.75 Å². The molecule has 6 heterocycles. The number of aromatic nitrogens is 1. The monoisotopic (exact) mass is 923 g/mol. The Hall–Kier alpha value is -4.62. The third kappa shape index (κ3) is 6.08. The van der Waals surface area contributed by atoms with Crippen LogP contribution in [-0.2, 0) is 56.0 Å². The number of fused-ring (bicyclic) bond motifs is 6. The molecule has 2 unspecified atom stereocenters. The molecule has 3 fully saturated rings. The maximum Gasteiger partial charge on any atom is 0.344 e. The van der Waals surface area contributed by atoms with Gasteiger partial charge in [-0.1, -0.05) is 19.1 Å². The topological polar surface area (TPSA) is 171 Å². The summed E-state index contributed by atoms with van der Waals surface area (Å²) in [5.41, 5.74) is -3.07. The zero-order valence-corrected chi connectivity index (χ0v) is 39.2. The Labute approximate surface area is 378 Å². The lowest BCUT2D eigenvalue weighted by molar-refractivity contribution is -0.228. The van der Waals surface area contributed by atoms with Crippen LogP contribution in [0, 0.1) is 17.3 Å². The van der Waals surface area contributed by atoms with Gasteiger partial charge in [-0.2, -0.15) is 0 Å². The van der Waals surface area contributed by atoms with Crippen LogP contribution in [0.1, 0.15) is 68.8 Å². The van der Waals surface area contributed by atoms with Crippen molar-refractivity contribution in [1.82, 2.24) is 19.1 Å². The Morgan fingerprint density at radius 1 is 1.03 bits per heavy atom. The minimum absolute atomic E-state index is 0.0185. The fraction of sp³-hybridized carbons (Fsp3) is 0.596. The van der Waals surface area contributed by atoms with Gasteiger partial charge in [0.25, 0.3) is 0 Å². The van der Waals surface area contributed by atoms with Crippen molar-refractivity contribution in [3.63, 3.8) is 0 Å². The van der Waals surface area contributed by atoms with Crippen LogP contribution in [-0.4, -0.2) is 149 Å². The number of benzene rings is 2. The van der Waals surface area contributed by atoms with Crippen LogP contribution in [0.3, 0.4) is 0 Å². The Kier molecular flexibility index (Phi) is 10.6. The van der Waals surface area contributed by atoms with E-state index in [-0.39, 0.29) is 36.6 Å². The fourth-order valence-corrected chi connectivity index (χ4v) is 14.6. The SMILES string of the molecule is CC[C@]12C=CCN3CC[C@@]4(c5cc([C@@]6(C(=O)OC)C[C@H]7CC(C(C)(F)F)CN(Cc8c6[nH]c6ccc(S(=O)(=O)N(C)C)cc86)C7)c(OC)cc5N(C)[C@H]4[C@@](O)(C(=O)OC)[C@@H]1OC(C)=O)[C@@H]32. The molecule has 1 aromatic heterocycles. The Morgan fingerprint density at radius 2 is 1.75 bits per heavy atom. The van der Waals surface area contributed by atoms with E-state index in [9.17, 15) is 23.1 Å². The molecule has 2 aromatic carbocycles. The third-order valence-corrected chi connectivity index (χ3v) is 17.9. The van der Waals surface area contributed by atoms with E-state index >= 15 is 13.6 Å². The number of hydrogen-bond donors (Lipinski definition) is 2. The molecule has 3 aromatic rings. The minimum atomic E-state index is -3.92. The molecular formula is C47H59F2N5O10S. The molecule has 6 aliphatic rings. The molecule has 1 saturated carbocycles. The zero-order chi connectivity index (χ0) is 47.0. The Balaban J connectivity index is 1.37. The van der Waals surface area contributed by atoms with E-state index in [4.69, 9.17) is 18.9 Å². The third-order valence-electron chi connectivity index (χ3n) is 16.1. The maximum atomic E-state index is 15.5. The number of rotatable bonds is 9. The average molecular weight is 924 g/mol. The number of alkyl halides is 2. The van der Waals surface area contributed by atoms with Crippen LogP contribution in [0.4, 0.5) is 14.5 Å². The number of nitrogens with zero attached hydrogens (tertiary/aromatic N) is 4. The first-order chi connectivity index (χ1) is 30.6. The number of halogens is 2. The number of methoxy groups -OCH3 is 3. The number of hydrogen-bond acceptors (Lipinski definition) is 13. The molecule has 65 heavy (non-hydrogen) atoms. The van der Waals surface area contributed by atoms with Gasteiger partial charge in [-0.15, -0.1) is 0 Å². The number of nitrogens with one attached hydrogen (secondary N) is 1. The number of piperidine rings is 1. The van der Waals surface area contributed by atoms with Crippen molar-refractivity contribution in [2.24, 2.45) is 17.3 Å². The first-order valence-corrected chi connectivity index (χ1v) is 23.7. The van der Waals surface area contributed by atoms with Crippen molar-refractivity contribution in [2.45, 2.75) is 98.4 Å². The van der Waals surface area contributed by atoms with Gasteiger partial charge >= 0.3 is 17.9 Å². The summed E-state index contributed by atoms with van der Waals surface area (Å²) in [5, 5.41) is 13.9. The fourth-order valence-electron chi connectivity index (χ4n) is 13.6. The highest BCUT2D eigenvalue weighted by atomic mass is 32.2. The standard InChI is InChI=1S/C47H59F2N5O10S/c1-10-44-14-11-16-54-17-15-45(38(44)54)32-20-33(36(61-7)21-35(32)52(6)39(45)47(58,42(57)63-9)40(44)64-26(2)55)46(41(56)62-8)22-27-18-28(43(3,48)49)24-53(23-27)25-31-30-19-29(65(59,60)51(4)5)12-13-34(30)50-37(31)46/h11-14,19-21,27-28,38-40,50,58H,10,15-18,22-25H2,1-9H3/t27-,28?,38+,39-,40-,44-,45-,46+,47+/m1/s1. The van der Waals surface area contributed by atoms with E-state index in [1.807, 2.05) is 34.9 Å². The molecule has 1 spiro atoms. The van der Waals surface area contributed by atoms with Crippen molar-refractivity contribution < 1.29 is 55.6 Å². The summed E-state index contributed by atoms with van der Waals surface area (Å²) >= 11 is 0. The van der Waals surface area contributed by atoms with Gasteiger partial charge in [-0.05, 0) is 80.5 Å². The predicted molar refractivity (Wildman–Crippen MR) is 235 cm³/mol. The molecule has 2 N–H and O–H groups in total. The largest absolute Gasteiger partial charge is 0.496 e. The molecule has 10 atom stereocenters. The highest BCUT2D eigenvalue weighted by molar-refractivity contribution is 7.89. The van der Waals surface area contributed by atoms with Crippen LogP contribution < -0.4 is 9.64 Å². The van der Waals surface area contributed by atoms with Gasteiger partial charge in [-0.3, -0.25) is 19.4 Å². The first kappa shape index (κ1) is 45.5. The number of aromatic amines is 1. The van der Waals surface area contributed by atoms with Crippen molar-refractivity contribution in [1.29, 1.82) is 0 Å². The second-order valence-electron chi connectivity index (χ2n) is 19.5. The molecule has 18 heteroatoms. The molecule has 2 bridgehead atoms. The normalized spacial score (nSPS) is 34.0. The second-order valence-corrected chi connectivity index (χ2v) is 21.6. The van der Waals surface area contributed by atoms with Crippen LogP contribution >= 0.6 is 0 Å². The maximum absolute atomic E-state index is 15.5. The Bertz CT molecular complexity index is 2630. The molecule has 0 radical (unpaired) electrons. The summed E-state index contributed by atoms with van der Waals surface area (Å²) in [5.74, 6) is -6.57. The molecule has 15 nitrogen and oxygen atoms in total. The lowest BCUT2D eigenvalue weighted by atomic mass is 9.47. The van der Waals surface area contributed by atoms with Gasteiger partial charge in [0.1, 0.15) is 11.2 Å². The quantitative estimate of drug-likeness (QED) is 0.177. The van der Waals surface area contributed by atoms with Crippen LogP contribution in [0.15, 0.2) is 47.4 Å². The van der Waals surface area contributed by atoms with Crippen LogP contribution in [0.25, 0.3) is 10.9 Å². The summed E-state index contributed by atoms with van der Waals surface area (Å²) in [6.45, 7) is 5.83. The molecule has 5 aliphatic heterocycles. The lowest BCUT2D eigenvalue weighted by Crippen LogP contribution is -2.81. The van der Waals surface area contributed by atoms with Gasteiger partial charge in [0.15, 0.2) is 6.10 Å². The number of ether oxygens (including phenoxy) is 4. The predicted octanol–water partition coefficient (Wildman–Crippen LogP) is 4.33. The molecular weight excluding hydrogens is 865 g/mol. The first-order valence-electron chi connectivity index (χ1n) is 22.2. The number of carbonyl (C=O) groups is 3. The molecule has 0 amide bonds.